The van der Waals surface area contributed by atoms with Crippen LogP contribution in [0.2, 0.25) is 0 Å². The van der Waals surface area contributed by atoms with Crippen molar-refractivity contribution in [3.8, 4) is 0 Å². The summed E-state index contributed by atoms with van der Waals surface area (Å²) in [5.41, 5.74) is 3.78. The Morgan fingerprint density at radius 3 is 2.50 bits per heavy atom. The number of nitrogens with zero attached hydrogens (tertiary/aromatic N) is 1. The van der Waals surface area contributed by atoms with Crippen LogP contribution >= 0.6 is 0 Å². The van der Waals surface area contributed by atoms with E-state index < -0.39 is 0 Å². The minimum absolute atomic E-state index is 0.138. The first-order valence-corrected chi connectivity index (χ1v) is 9.18. The zero-order valence-corrected chi connectivity index (χ0v) is 16.0. The van der Waals surface area contributed by atoms with E-state index in [0.717, 1.165) is 16.7 Å². The summed E-state index contributed by atoms with van der Waals surface area (Å²) in [5, 5.41) is 5.79. The van der Waals surface area contributed by atoms with Gasteiger partial charge in [-0.1, -0.05) is 60.2 Å². The van der Waals surface area contributed by atoms with Gasteiger partial charge in [0.1, 0.15) is 5.69 Å². The van der Waals surface area contributed by atoms with Crippen molar-refractivity contribution in [3.05, 3.63) is 101 Å². The number of carbonyl (C=O) groups excluding carboxylic acids is 2. The Morgan fingerprint density at radius 2 is 1.75 bits per heavy atom. The molecule has 0 aliphatic heterocycles. The third kappa shape index (κ3) is 5.04. The number of carbonyl (C=O) groups is 2. The molecule has 0 spiro atoms. The maximum atomic E-state index is 12.5. The fraction of sp³-hybridized carbons (Fsp3) is 0.174. The monoisotopic (exact) mass is 373 g/mol. The van der Waals surface area contributed by atoms with E-state index in [9.17, 15) is 9.59 Å². The molecule has 1 unspecified atom stereocenters. The molecule has 2 amide bonds. The molecule has 0 bridgehead atoms. The molecular formula is C23H23N3O2. The lowest BCUT2D eigenvalue weighted by Crippen LogP contribution is -2.28. The predicted octanol–water partition coefficient (Wildman–Crippen LogP) is 3.81. The Hall–Kier alpha value is -3.47. The van der Waals surface area contributed by atoms with Crippen LogP contribution in [0.15, 0.2) is 72.9 Å². The number of aromatic nitrogens is 1. The van der Waals surface area contributed by atoms with Crippen LogP contribution in [0.5, 0.6) is 0 Å². The number of hydrogen-bond acceptors (Lipinski definition) is 3. The van der Waals surface area contributed by atoms with E-state index in [1.165, 1.54) is 12.3 Å². The number of rotatable bonds is 6. The summed E-state index contributed by atoms with van der Waals surface area (Å²) in [6.45, 7) is 4.33. The van der Waals surface area contributed by atoms with Gasteiger partial charge < -0.3 is 10.6 Å². The van der Waals surface area contributed by atoms with Gasteiger partial charge in [0.05, 0.1) is 6.04 Å². The standard InChI is InChI=1S/C23H23N3O2/c1-16-7-6-8-18(13-16)15-25-23(28)21-14-20(11-12-24-21)22(27)26-17(2)19-9-4-3-5-10-19/h3-14,17H,15H2,1-2H3,(H,25,28)(H,26,27). The third-order valence-electron chi connectivity index (χ3n) is 4.44. The van der Waals surface area contributed by atoms with Crippen molar-refractivity contribution in [3.63, 3.8) is 0 Å². The third-order valence-corrected chi connectivity index (χ3v) is 4.44. The van der Waals surface area contributed by atoms with E-state index in [-0.39, 0.29) is 23.6 Å². The lowest BCUT2D eigenvalue weighted by Gasteiger charge is -2.14. The number of aryl methyl sites for hydroxylation is 1. The zero-order valence-electron chi connectivity index (χ0n) is 16.0. The molecule has 2 N–H and O–H groups in total. The first-order chi connectivity index (χ1) is 13.5. The second-order valence-electron chi connectivity index (χ2n) is 6.71. The molecule has 0 aliphatic rings. The van der Waals surface area contributed by atoms with Gasteiger partial charge >= 0.3 is 0 Å². The minimum Gasteiger partial charge on any atom is -0.347 e. The molecular weight excluding hydrogens is 350 g/mol. The van der Waals surface area contributed by atoms with Gasteiger partial charge in [-0.3, -0.25) is 14.6 Å². The summed E-state index contributed by atoms with van der Waals surface area (Å²) >= 11 is 0. The zero-order chi connectivity index (χ0) is 19.9. The second-order valence-corrected chi connectivity index (χ2v) is 6.71. The molecule has 3 rings (SSSR count). The highest BCUT2D eigenvalue weighted by Gasteiger charge is 2.14. The maximum absolute atomic E-state index is 12.5. The van der Waals surface area contributed by atoms with E-state index in [1.54, 1.807) is 6.07 Å². The normalized spacial score (nSPS) is 11.5. The Balaban J connectivity index is 1.64. The van der Waals surface area contributed by atoms with Crippen molar-refractivity contribution >= 4 is 11.8 Å². The van der Waals surface area contributed by atoms with E-state index in [2.05, 4.69) is 15.6 Å². The SMILES string of the molecule is Cc1cccc(CNC(=O)c2cc(C(=O)NC(C)c3ccccc3)ccn2)c1. The number of hydrogen-bond donors (Lipinski definition) is 2. The van der Waals surface area contributed by atoms with E-state index in [4.69, 9.17) is 0 Å². The van der Waals surface area contributed by atoms with Gasteiger partial charge in [0.15, 0.2) is 0 Å². The van der Waals surface area contributed by atoms with Gasteiger partial charge in [0.2, 0.25) is 0 Å². The fourth-order valence-corrected chi connectivity index (χ4v) is 2.90. The fourth-order valence-electron chi connectivity index (χ4n) is 2.90. The van der Waals surface area contributed by atoms with Gasteiger partial charge in [0.25, 0.3) is 11.8 Å². The van der Waals surface area contributed by atoms with Gasteiger partial charge in [-0.2, -0.15) is 0 Å². The average Bonchev–Trinajstić information content (AvgIpc) is 2.72. The molecule has 28 heavy (non-hydrogen) atoms. The number of benzene rings is 2. The molecule has 3 aromatic rings. The van der Waals surface area contributed by atoms with E-state index >= 15 is 0 Å². The molecule has 0 saturated carbocycles. The van der Waals surface area contributed by atoms with Crippen LogP contribution in [0.4, 0.5) is 0 Å². The number of amides is 2. The molecule has 5 nitrogen and oxygen atoms in total. The Labute approximate surface area is 164 Å². The van der Waals surface area contributed by atoms with Crippen LogP contribution in [0.25, 0.3) is 0 Å². The first kappa shape index (κ1) is 19.3. The highest BCUT2D eigenvalue weighted by molar-refractivity contribution is 5.98. The van der Waals surface area contributed by atoms with Crippen molar-refractivity contribution in [1.82, 2.24) is 15.6 Å². The lowest BCUT2D eigenvalue weighted by atomic mass is 10.1. The smallest absolute Gasteiger partial charge is 0.270 e. The van der Waals surface area contributed by atoms with Crippen molar-refractivity contribution in [1.29, 1.82) is 0 Å². The largest absolute Gasteiger partial charge is 0.347 e. The van der Waals surface area contributed by atoms with Gasteiger partial charge in [0, 0.05) is 18.3 Å². The van der Waals surface area contributed by atoms with Crippen LogP contribution in [0.1, 0.15) is 50.5 Å². The quantitative estimate of drug-likeness (QED) is 0.690. The van der Waals surface area contributed by atoms with Crippen molar-refractivity contribution < 1.29 is 9.59 Å². The Morgan fingerprint density at radius 1 is 0.964 bits per heavy atom. The molecule has 1 aromatic heterocycles. The van der Waals surface area contributed by atoms with Crippen LogP contribution in [-0.2, 0) is 6.54 Å². The van der Waals surface area contributed by atoms with Crippen LogP contribution in [0, 0.1) is 6.92 Å². The van der Waals surface area contributed by atoms with Crippen molar-refractivity contribution in [2.45, 2.75) is 26.4 Å². The number of pyridine rings is 1. The Bertz CT molecular complexity index is 970. The molecule has 0 aliphatic carbocycles. The average molecular weight is 373 g/mol. The van der Waals surface area contributed by atoms with Crippen molar-refractivity contribution in [2.24, 2.45) is 0 Å². The summed E-state index contributed by atoms with van der Waals surface area (Å²) in [5.74, 6) is -0.557. The lowest BCUT2D eigenvalue weighted by molar-refractivity contribution is 0.0939. The molecule has 1 heterocycles. The summed E-state index contributed by atoms with van der Waals surface area (Å²) in [4.78, 5) is 29.1. The van der Waals surface area contributed by atoms with E-state index in [0.29, 0.717) is 12.1 Å². The highest BCUT2D eigenvalue weighted by Crippen LogP contribution is 2.13. The first-order valence-electron chi connectivity index (χ1n) is 9.18. The van der Waals surface area contributed by atoms with Gasteiger partial charge in [-0.15, -0.1) is 0 Å². The van der Waals surface area contributed by atoms with Crippen LogP contribution < -0.4 is 10.6 Å². The van der Waals surface area contributed by atoms with Crippen LogP contribution in [0.3, 0.4) is 0 Å². The van der Waals surface area contributed by atoms with Crippen molar-refractivity contribution in [2.75, 3.05) is 0 Å². The molecule has 142 valence electrons. The summed E-state index contributed by atoms with van der Waals surface area (Å²) < 4.78 is 0. The Kier molecular flexibility index (Phi) is 6.17. The van der Waals surface area contributed by atoms with Crippen LogP contribution in [-0.4, -0.2) is 16.8 Å². The molecule has 0 saturated heterocycles. The maximum Gasteiger partial charge on any atom is 0.270 e. The molecule has 5 heteroatoms. The molecule has 0 radical (unpaired) electrons. The topological polar surface area (TPSA) is 71.1 Å². The highest BCUT2D eigenvalue weighted by atomic mass is 16.2. The summed E-state index contributed by atoms with van der Waals surface area (Å²) in [7, 11) is 0. The predicted molar refractivity (Wildman–Crippen MR) is 109 cm³/mol. The molecule has 0 fully saturated rings. The summed E-state index contributed by atoms with van der Waals surface area (Å²) in [6.07, 6.45) is 1.48. The summed E-state index contributed by atoms with van der Waals surface area (Å²) in [6, 6.07) is 20.6. The van der Waals surface area contributed by atoms with Gasteiger partial charge in [-0.25, -0.2) is 0 Å². The second kappa shape index (κ2) is 8.95. The van der Waals surface area contributed by atoms with Gasteiger partial charge in [-0.05, 0) is 37.1 Å². The molecule has 1 atom stereocenters. The minimum atomic E-state index is -0.313. The number of nitrogens with one attached hydrogen (secondary N) is 2. The molecule has 2 aromatic carbocycles. The van der Waals surface area contributed by atoms with E-state index in [1.807, 2.05) is 68.4 Å².